The van der Waals surface area contributed by atoms with Gasteiger partial charge in [0, 0.05) is 43.5 Å². The minimum atomic E-state index is -0.352. The second kappa shape index (κ2) is 7.01. The molecule has 0 radical (unpaired) electrons. The van der Waals surface area contributed by atoms with Crippen LogP contribution in [-0.4, -0.2) is 39.7 Å². The molecule has 0 aliphatic carbocycles. The Kier molecular flexibility index (Phi) is 4.82. The van der Waals surface area contributed by atoms with Gasteiger partial charge >= 0.3 is 0 Å². The van der Waals surface area contributed by atoms with Crippen LogP contribution in [0.3, 0.4) is 0 Å². The highest BCUT2D eigenvalue weighted by Crippen LogP contribution is 2.21. The van der Waals surface area contributed by atoms with Crippen LogP contribution in [0.25, 0.3) is 0 Å². The molecule has 0 saturated carbocycles. The summed E-state index contributed by atoms with van der Waals surface area (Å²) in [4.78, 5) is 14.5. The highest BCUT2D eigenvalue weighted by Gasteiger charge is 2.26. The Morgan fingerprint density at radius 2 is 1.96 bits per heavy atom. The van der Waals surface area contributed by atoms with Crippen LogP contribution in [-0.2, 0) is 6.54 Å². The van der Waals surface area contributed by atoms with Crippen LogP contribution in [0.2, 0.25) is 0 Å². The molecule has 1 N–H and O–H groups in total. The Hall–Kier alpha value is -2.07. The number of nitrogens with zero attached hydrogens (tertiary/aromatic N) is 2. The number of rotatable bonds is 4. The van der Waals surface area contributed by atoms with Crippen molar-refractivity contribution in [3.63, 3.8) is 0 Å². The molecule has 1 amide bonds. The van der Waals surface area contributed by atoms with E-state index in [1.807, 2.05) is 60.6 Å². The van der Waals surface area contributed by atoms with Gasteiger partial charge in [-0.25, -0.2) is 0 Å². The van der Waals surface area contributed by atoms with Gasteiger partial charge in [-0.05, 0) is 49.6 Å². The highest BCUT2D eigenvalue weighted by molar-refractivity contribution is 5.94. The first kappa shape index (κ1) is 15.8. The van der Waals surface area contributed by atoms with E-state index in [2.05, 4.69) is 4.57 Å². The molecular weight excluding hydrogens is 288 g/mol. The third-order valence-corrected chi connectivity index (χ3v) is 4.66. The van der Waals surface area contributed by atoms with Gasteiger partial charge in [-0.1, -0.05) is 12.1 Å². The van der Waals surface area contributed by atoms with Crippen LogP contribution in [0.4, 0.5) is 0 Å². The summed E-state index contributed by atoms with van der Waals surface area (Å²) in [6.45, 7) is 4.07. The lowest BCUT2D eigenvalue weighted by Crippen LogP contribution is -2.42. The zero-order valence-electron chi connectivity index (χ0n) is 13.6. The van der Waals surface area contributed by atoms with Crippen LogP contribution >= 0.6 is 0 Å². The van der Waals surface area contributed by atoms with Gasteiger partial charge in [0.05, 0.1) is 6.10 Å². The van der Waals surface area contributed by atoms with Crippen LogP contribution in [0.15, 0.2) is 48.8 Å². The van der Waals surface area contributed by atoms with Gasteiger partial charge < -0.3 is 14.6 Å². The standard InChI is InChI=1S/C19H24N2O2/c1-15(22)18-5-4-12-21(14-18)19(23)17-8-6-16(7-9-17)13-20-10-2-3-11-20/h2-3,6-11,15,18,22H,4-5,12-14H2,1H3/t15-,18-/m0/s1. The summed E-state index contributed by atoms with van der Waals surface area (Å²) in [5.74, 6) is 0.267. The summed E-state index contributed by atoms with van der Waals surface area (Å²) in [5.41, 5.74) is 1.91. The van der Waals surface area contributed by atoms with Crippen LogP contribution in [0.5, 0.6) is 0 Å². The third-order valence-electron chi connectivity index (χ3n) is 4.66. The summed E-state index contributed by atoms with van der Waals surface area (Å²) in [6, 6.07) is 11.9. The normalized spacial score (nSPS) is 19.6. The number of benzene rings is 1. The number of aliphatic hydroxyl groups excluding tert-OH is 1. The van der Waals surface area contributed by atoms with E-state index in [0.717, 1.165) is 31.5 Å². The number of likely N-dealkylation sites (tertiary alicyclic amines) is 1. The summed E-state index contributed by atoms with van der Waals surface area (Å²) in [7, 11) is 0. The fraction of sp³-hybridized carbons (Fsp3) is 0.421. The molecule has 2 atom stereocenters. The lowest BCUT2D eigenvalue weighted by atomic mass is 9.93. The third kappa shape index (κ3) is 3.82. The van der Waals surface area contributed by atoms with Crippen molar-refractivity contribution < 1.29 is 9.90 Å². The summed E-state index contributed by atoms with van der Waals surface area (Å²) in [6.07, 6.45) is 5.67. The summed E-state index contributed by atoms with van der Waals surface area (Å²) < 4.78 is 2.11. The zero-order valence-corrected chi connectivity index (χ0v) is 13.6. The fourth-order valence-corrected chi connectivity index (χ4v) is 3.21. The molecule has 4 heteroatoms. The molecule has 1 aliphatic rings. The van der Waals surface area contributed by atoms with Crippen molar-refractivity contribution >= 4 is 5.91 Å². The van der Waals surface area contributed by atoms with E-state index in [9.17, 15) is 9.90 Å². The number of amides is 1. The topological polar surface area (TPSA) is 45.5 Å². The average molecular weight is 312 g/mol. The Balaban J connectivity index is 1.65. The Bertz CT molecular complexity index is 632. The van der Waals surface area contributed by atoms with Gasteiger partial charge in [0.15, 0.2) is 0 Å². The van der Waals surface area contributed by atoms with E-state index < -0.39 is 0 Å². The van der Waals surface area contributed by atoms with Crippen molar-refractivity contribution in [2.75, 3.05) is 13.1 Å². The number of carbonyl (C=O) groups is 1. The number of carbonyl (C=O) groups excluding carboxylic acids is 1. The van der Waals surface area contributed by atoms with Gasteiger partial charge in [-0.15, -0.1) is 0 Å². The number of piperidine rings is 1. The van der Waals surface area contributed by atoms with Crippen molar-refractivity contribution in [1.82, 2.24) is 9.47 Å². The Morgan fingerprint density at radius 1 is 1.26 bits per heavy atom. The molecule has 2 heterocycles. The highest BCUT2D eigenvalue weighted by atomic mass is 16.3. The van der Waals surface area contributed by atoms with Gasteiger partial charge in [-0.3, -0.25) is 4.79 Å². The van der Waals surface area contributed by atoms with Gasteiger partial charge in [0.2, 0.25) is 0 Å². The van der Waals surface area contributed by atoms with Crippen molar-refractivity contribution in [2.45, 2.75) is 32.4 Å². The van der Waals surface area contributed by atoms with Gasteiger partial charge in [-0.2, -0.15) is 0 Å². The van der Waals surface area contributed by atoms with Gasteiger partial charge in [0.1, 0.15) is 0 Å². The van der Waals surface area contributed by atoms with Crippen molar-refractivity contribution in [3.8, 4) is 0 Å². The first-order valence-corrected chi connectivity index (χ1v) is 8.30. The molecule has 1 saturated heterocycles. The molecule has 1 aromatic heterocycles. The van der Waals surface area contributed by atoms with Crippen LogP contribution in [0, 0.1) is 5.92 Å². The molecule has 122 valence electrons. The maximum absolute atomic E-state index is 12.6. The SMILES string of the molecule is C[C@H](O)[C@H]1CCCN(C(=O)c2ccc(Cn3cccc3)cc2)C1. The second-order valence-electron chi connectivity index (χ2n) is 6.45. The van der Waals surface area contributed by atoms with Crippen molar-refractivity contribution in [3.05, 3.63) is 59.9 Å². The predicted octanol–water partition coefficient (Wildman–Crippen LogP) is 2.77. The van der Waals surface area contributed by atoms with E-state index in [-0.39, 0.29) is 17.9 Å². The smallest absolute Gasteiger partial charge is 0.253 e. The molecule has 0 unspecified atom stereocenters. The van der Waals surface area contributed by atoms with Crippen LogP contribution < -0.4 is 0 Å². The molecule has 23 heavy (non-hydrogen) atoms. The van der Waals surface area contributed by atoms with E-state index in [0.29, 0.717) is 6.54 Å². The first-order chi connectivity index (χ1) is 11.1. The maximum atomic E-state index is 12.6. The predicted molar refractivity (Wildman–Crippen MR) is 90.3 cm³/mol. The molecule has 2 aromatic rings. The zero-order chi connectivity index (χ0) is 16.2. The minimum absolute atomic E-state index is 0.0721. The maximum Gasteiger partial charge on any atom is 0.253 e. The van der Waals surface area contributed by atoms with E-state index in [1.54, 1.807) is 0 Å². The first-order valence-electron chi connectivity index (χ1n) is 8.30. The Labute approximate surface area is 137 Å². The van der Waals surface area contributed by atoms with E-state index >= 15 is 0 Å². The molecule has 1 fully saturated rings. The Morgan fingerprint density at radius 3 is 2.61 bits per heavy atom. The van der Waals surface area contributed by atoms with E-state index in [1.165, 1.54) is 5.56 Å². The molecule has 0 bridgehead atoms. The van der Waals surface area contributed by atoms with Crippen molar-refractivity contribution in [1.29, 1.82) is 0 Å². The lowest BCUT2D eigenvalue weighted by Gasteiger charge is -2.34. The van der Waals surface area contributed by atoms with E-state index in [4.69, 9.17) is 0 Å². The van der Waals surface area contributed by atoms with Crippen LogP contribution in [0.1, 0.15) is 35.7 Å². The average Bonchev–Trinajstić information content (AvgIpc) is 3.08. The van der Waals surface area contributed by atoms with Crippen molar-refractivity contribution in [2.24, 2.45) is 5.92 Å². The number of aliphatic hydroxyl groups is 1. The van der Waals surface area contributed by atoms with Gasteiger partial charge in [0.25, 0.3) is 5.91 Å². The molecule has 1 aromatic carbocycles. The molecule has 4 nitrogen and oxygen atoms in total. The molecular formula is C19H24N2O2. The molecule has 0 spiro atoms. The monoisotopic (exact) mass is 312 g/mol. The summed E-state index contributed by atoms with van der Waals surface area (Å²) in [5, 5.41) is 9.77. The minimum Gasteiger partial charge on any atom is -0.393 e. The number of hydrogen-bond donors (Lipinski definition) is 1. The molecule has 3 rings (SSSR count). The number of hydrogen-bond acceptors (Lipinski definition) is 2. The quantitative estimate of drug-likeness (QED) is 0.943. The largest absolute Gasteiger partial charge is 0.393 e. The fourth-order valence-electron chi connectivity index (χ4n) is 3.21. The second-order valence-corrected chi connectivity index (χ2v) is 6.45. The summed E-state index contributed by atoms with van der Waals surface area (Å²) >= 11 is 0. The lowest BCUT2D eigenvalue weighted by molar-refractivity contribution is 0.0466. The molecule has 1 aliphatic heterocycles. The number of aromatic nitrogens is 1.